The number of pyridine rings is 1. The van der Waals surface area contributed by atoms with Gasteiger partial charge in [-0.1, -0.05) is 12.1 Å². The first-order chi connectivity index (χ1) is 12.6. The van der Waals surface area contributed by atoms with Gasteiger partial charge in [0.05, 0.1) is 11.9 Å². The number of aromatic amines is 1. The molecule has 2 heterocycles. The number of carbonyl (C=O) groups is 2. The van der Waals surface area contributed by atoms with E-state index in [-0.39, 0.29) is 17.9 Å². The van der Waals surface area contributed by atoms with Crippen molar-refractivity contribution in [2.75, 3.05) is 5.32 Å². The number of rotatable bonds is 5. The summed E-state index contributed by atoms with van der Waals surface area (Å²) in [7, 11) is 0. The summed E-state index contributed by atoms with van der Waals surface area (Å²) in [5.74, 6) is -3.58. The van der Waals surface area contributed by atoms with Crippen LogP contribution in [0.1, 0.15) is 26.4 Å². The number of nitrogens with zero attached hydrogens (tertiary/aromatic N) is 2. The van der Waals surface area contributed by atoms with E-state index < -0.39 is 29.0 Å². The van der Waals surface area contributed by atoms with Gasteiger partial charge in [0.1, 0.15) is 22.9 Å². The maximum atomic E-state index is 13.7. The summed E-state index contributed by atoms with van der Waals surface area (Å²) >= 11 is 0. The van der Waals surface area contributed by atoms with E-state index in [1.807, 2.05) is 0 Å². The third-order valence-electron chi connectivity index (χ3n) is 3.48. The molecule has 0 saturated heterocycles. The second-order valence-electron chi connectivity index (χ2n) is 5.25. The molecule has 0 aliphatic heterocycles. The van der Waals surface area contributed by atoms with Crippen LogP contribution in [-0.4, -0.2) is 27.0 Å². The molecule has 0 spiro atoms. The van der Waals surface area contributed by atoms with Crippen LogP contribution in [0.25, 0.3) is 0 Å². The van der Waals surface area contributed by atoms with Crippen molar-refractivity contribution in [3.8, 4) is 0 Å². The van der Waals surface area contributed by atoms with Crippen LogP contribution in [0, 0.1) is 11.6 Å². The third-order valence-corrected chi connectivity index (χ3v) is 3.48. The lowest BCUT2D eigenvalue weighted by Crippen LogP contribution is -2.25. The fourth-order valence-corrected chi connectivity index (χ4v) is 2.23. The van der Waals surface area contributed by atoms with Gasteiger partial charge in [-0.15, -0.1) is 0 Å². The number of H-pyrrole nitrogens is 1. The number of halogens is 2. The maximum Gasteiger partial charge on any atom is 0.271 e. The molecule has 0 saturated carbocycles. The molecule has 132 valence electrons. The lowest BCUT2D eigenvalue weighted by atomic mass is 10.2. The minimum Gasteiger partial charge on any atom is -0.347 e. The van der Waals surface area contributed by atoms with Crippen LogP contribution in [-0.2, 0) is 6.54 Å². The van der Waals surface area contributed by atoms with Crippen molar-refractivity contribution < 1.29 is 18.4 Å². The minimum atomic E-state index is -1.02. The Labute approximate surface area is 146 Å². The van der Waals surface area contributed by atoms with Crippen molar-refractivity contribution in [3.05, 3.63) is 77.4 Å². The summed E-state index contributed by atoms with van der Waals surface area (Å²) in [5, 5.41) is 11.0. The number of hydrogen-bond acceptors (Lipinski definition) is 4. The van der Waals surface area contributed by atoms with Crippen molar-refractivity contribution in [2.24, 2.45) is 0 Å². The average Bonchev–Trinajstić information content (AvgIpc) is 3.08. The number of nitrogens with one attached hydrogen (secondary N) is 3. The molecule has 9 heteroatoms. The second kappa shape index (κ2) is 7.51. The SMILES string of the molecule is O=C(NCc1cccnc1)c1[nH]ncc1NC(=O)c1c(F)cccc1F. The molecule has 3 N–H and O–H groups in total. The quantitative estimate of drug-likeness (QED) is 0.652. The van der Waals surface area contributed by atoms with E-state index in [1.165, 1.54) is 6.20 Å². The molecule has 2 amide bonds. The Bertz CT molecular complexity index is 923. The first-order valence-corrected chi connectivity index (χ1v) is 7.52. The van der Waals surface area contributed by atoms with Crippen LogP contribution in [0.2, 0.25) is 0 Å². The van der Waals surface area contributed by atoms with Crippen molar-refractivity contribution >= 4 is 17.5 Å². The van der Waals surface area contributed by atoms with Gasteiger partial charge in [0, 0.05) is 18.9 Å². The van der Waals surface area contributed by atoms with Gasteiger partial charge in [0.15, 0.2) is 0 Å². The zero-order valence-corrected chi connectivity index (χ0v) is 13.3. The summed E-state index contributed by atoms with van der Waals surface area (Å²) in [6.07, 6.45) is 4.38. The van der Waals surface area contributed by atoms with Gasteiger partial charge in [0.25, 0.3) is 11.8 Å². The molecule has 2 aromatic heterocycles. The molecule has 26 heavy (non-hydrogen) atoms. The van der Waals surface area contributed by atoms with Gasteiger partial charge in [0.2, 0.25) is 0 Å². The van der Waals surface area contributed by atoms with Crippen LogP contribution in [0.15, 0.2) is 48.9 Å². The number of amides is 2. The molecular weight excluding hydrogens is 344 g/mol. The fourth-order valence-electron chi connectivity index (χ4n) is 2.23. The Hall–Kier alpha value is -3.62. The first-order valence-electron chi connectivity index (χ1n) is 7.52. The molecule has 0 aliphatic rings. The van der Waals surface area contributed by atoms with E-state index in [0.717, 1.165) is 23.8 Å². The smallest absolute Gasteiger partial charge is 0.271 e. The predicted octanol–water partition coefficient (Wildman–Crippen LogP) is 2.27. The van der Waals surface area contributed by atoms with Crippen molar-refractivity contribution in [3.63, 3.8) is 0 Å². The molecule has 0 aliphatic carbocycles. The molecular formula is C17H13F2N5O2. The van der Waals surface area contributed by atoms with Crippen molar-refractivity contribution in [1.82, 2.24) is 20.5 Å². The number of benzene rings is 1. The van der Waals surface area contributed by atoms with Gasteiger partial charge in [-0.25, -0.2) is 8.78 Å². The zero-order valence-electron chi connectivity index (χ0n) is 13.3. The molecule has 0 bridgehead atoms. The Kier molecular flexibility index (Phi) is 4.97. The molecule has 3 rings (SSSR count). The zero-order chi connectivity index (χ0) is 18.5. The maximum absolute atomic E-state index is 13.7. The number of anilines is 1. The topological polar surface area (TPSA) is 99.8 Å². The normalized spacial score (nSPS) is 10.4. The van der Waals surface area contributed by atoms with Crippen LogP contribution in [0.4, 0.5) is 14.5 Å². The first kappa shape index (κ1) is 17.2. The Morgan fingerprint density at radius 1 is 1.04 bits per heavy atom. The lowest BCUT2D eigenvalue weighted by molar-refractivity contribution is 0.0946. The van der Waals surface area contributed by atoms with Gasteiger partial charge < -0.3 is 10.6 Å². The summed E-state index contributed by atoms with van der Waals surface area (Å²) in [4.78, 5) is 28.3. The average molecular weight is 357 g/mol. The highest BCUT2D eigenvalue weighted by atomic mass is 19.1. The van der Waals surface area contributed by atoms with Crippen molar-refractivity contribution in [2.45, 2.75) is 6.54 Å². The summed E-state index contributed by atoms with van der Waals surface area (Å²) in [5.41, 5.74) is -0.00451. The van der Waals surface area contributed by atoms with E-state index >= 15 is 0 Å². The highest BCUT2D eigenvalue weighted by Gasteiger charge is 2.21. The molecule has 0 atom stereocenters. The Morgan fingerprint density at radius 3 is 2.50 bits per heavy atom. The van der Waals surface area contributed by atoms with Gasteiger partial charge in [-0.2, -0.15) is 5.10 Å². The molecule has 3 aromatic rings. The number of aromatic nitrogens is 3. The van der Waals surface area contributed by atoms with Crippen molar-refractivity contribution in [1.29, 1.82) is 0 Å². The molecule has 0 unspecified atom stereocenters. The number of carbonyl (C=O) groups excluding carboxylic acids is 2. The summed E-state index contributed by atoms with van der Waals surface area (Å²) in [6, 6.07) is 6.59. The fraction of sp³-hybridized carbons (Fsp3) is 0.0588. The molecule has 0 fully saturated rings. The van der Waals surface area contributed by atoms with E-state index in [2.05, 4.69) is 25.8 Å². The van der Waals surface area contributed by atoms with Gasteiger partial charge >= 0.3 is 0 Å². The molecule has 1 aromatic carbocycles. The van der Waals surface area contributed by atoms with Crippen LogP contribution in [0.3, 0.4) is 0 Å². The van der Waals surface area contributed by atoms with Gasteiger partial charge in [-0.3, -0.25) is 19.7 Å². The Morgan fingerprint density at radius 2 is 1.81 bits per heavy atom. The Balaban J connectivity index is 1.72. The monoisotopic (exact) mass is 357 g/mol. The highest BCUT2D eigenvalue weighted by Crippen LogP contribution is 2.17. The van der Waals surface area contributed by atoms with Crippen LogP contribution in [0.5, 0.6) is 0 Å². The lowest BCUT2D eigenvalue weighted by Gasteiger charge is -2.08. The van der Waals surface area contributed by atoms with Crippen LogP contribution >= 0.6 is 0 Å². The standard InChI is InChI=1S/C17H13F2N5O2/c18-11-4-1-5-12(19)14(11)16(25)23-13-9-22-24-15(13)17(26)21-8-10-3-2-6-20-7-10/h1-7,9H,8H2,(H,21,26)(H,22,24)(H,23,25). The largest absolute Gasteiger partial charge is 0.347 e. The molecule has 7 nitrogen and oxygen atoms in total. The van der Waals surface area contributed by atoms with Gasteiger partial charge in [-0.05, 0) is 23.8 Å². The number of hydrogen-bond donors (Lipinski definition) is 3. The van der Waals surface area contributed by atoms with Crippen LogP contribution < -0.4 is 10.6 Å². The predicted molar refractivity (Wildman–Crippen MR) is 88.3 cm³/mol. The van der Waals surface area contributed by atoms with E-state index in [9.17, 15) is 18.4 Å². The second-order valence-corrected chi connectivity index (χ2v) is 5.25. The highest BCUT2D eigenvalue weighted by molar-refractivity contribution is 6.08. The summed E-state index contributed by atoms with van der Waals surface area (Å²) < 4.78 is 27.4. The third kappa shape index (κ3) is 3.72. The van der Waals surface area contributed by atoms with E-state index in [0.29, 0.717) is 0 Å². The minimum absolute atomic E-state index is 0.00124. The van der Waals surface area contributed by atoms with E-state index in [1.54, 1.807) is 24.5 Å². The van der Waals surface area contributed by atoms with E-state index in [4.69, 9.17) is 0 Å². The molecule has 0 radical (unpaired) electrons. The summed E-state index contributed by atoms with van der Waals surface area (Å²) in [6.45, 7) is 0.209.